The quantitative estimate of drug-likeness (QED) is 0.375. The zero-order chi connectivity index (χ0) is 18.9. The van der Waals surface area contributed by atoms with Crippen LogP contribution in [0.15, 0.2) is 40.9 Å². The summed E-state index contributed by atoms with van der Waals surface area (Å²) in [4.78, 5) is 11.1. The lowest BCUT2D eigenvalue weighted by Gasteiger charge is -2.22. The predicted octanol–water partition coefficient (Wildman–Crippen LogP) is 6.43. The summed E-state index contributed by atoms with van der Waals surface area (Å²) in [6.45, 7) is 10.2. The van der Waals surface area contributed by atoms with Gasteiger partial charge in [0.1, 0.15) is 11.3 Å². The van der Waals surface area contributed by atoms with E-state index in [4.69, 9.17) is 16.0 Å². The van der Waals surface area contributed by atoms with Gasteiger partial charge in [0.15, 0.2) is 11.4 Å². The highest BCUT2D eigenvalue weighted by atomic mass is 35.5. The van der Waals surface area contributed by atoms with E-state index in [1.807, 2.05) is 37.3 Å². The van der Waals surface area contributed by atoms with Crippen LogP contribution in [0.2, 0.25) is 5.28 Å². The molecule has 2 rings (SSSR count). The van der Waals surface area contributed by atoms with Crippen molar-refractivity contribution >= 4 is 34.1 Å². The van der Waals surface area contributed by atoms with E-state index in [0.29, 0.717) is 5.58 Å². The molecule has 0 saturated carbocycles. The Morgan fingerprint density at radius 2 is 1.92 bits per heavy atom. The number of halogens is 1. The average Bonchev–Trinajstić information content (AvgIpc) is 3.04. The maximum atomic E-state index is 6.19. The Kier molecular flexibility index (Phi) is 7.92. The van der Waals surface area contributed by atoms with E-state index in [1.165, 1.54) is 0 Å². The third-order valence-electron chi connectivity index (χ3n) is 3.89. The van der Waals surface area contributed by atoms with Crippen LogP contribution in [-0.2, 0) is 0 Å². The molecule has 0 unspecified atom stereocenters. The second kappa shape index (κ2) is 10.2. The number of nitrogens with zero attached hydrogens (tertiary/aromatic N) is 3. The van der Waals surface area contributed by atoms with Crippen molar-refractivity contribution in [3.63, 3.8) is 0 Å². The Bertz CT molecular complexity index is 799. The number of furan rings is 1. The van der Waals surface area contributed by atoms with Gasteiger partial charge in [-0.2, -0.15) is 4.98 Å². The Labute approximate surface area is 161 Å². The lowest BCUT2D eigenvalue weighted by atomic mass is 10.1. The van der Waals surface area contributed by atoms with Crippen molar-refractivity contribution in [2.24, 2.45) is 0 Å². The molecule has 0 bridgehead atoms. The van der Waals surface area contributed by atoms with Gasteiger partial charge in [0.2, 0.25) is 5.28 Å². The molecule has 5 heteroatoms. The highest BCUT2D eigenvalue weighted by Crippen LogP contribution is 2.31. The van der Waals surface area contributed by atoms with Crippen LogP contribution in [0.1, 0.15) is 52.7 Å². The zero-order valence-corrected chi connectivity index (χ0v) is 16.9. The standard InChI is InChI=1S/C21H28ClN3O/c1-5-9-10-12-16(11-6-2)18-15-17-19(26-18)20(24-21(22)23-17)25(13-7-3)14-8-4/h6,9-12,15H,5,7-8,13-14H2,1-4H3/b10-9+,11-6-,16-12+. The van der Waals surface area contributed by atoms with E-state index in [9.17, 15) is 0 Å². The molecule has 2 aromatic heterocycles. The van der Waals surface area contributed by atoms with Gasteiger partial charge in [-0.15, -0.1) is 0 Å². The summed E-state index contributed by atoms with van der Waals surface area (Å²) in [7, 11) is 0. The fraction of sp³-hybridized carbons (Fsp3) is 0.429. The van der Waals surface area contributed by atoms with E-state index in [-0.39, 0.29) is 5.28 Å². The molecule has 140 valence electrons. The first-order valence-corrected chi connectivity index (χ1v) is 9.74. The van der Waals surface area contributed by atoms with Gasteiger partial charge in [0.05, 0.1) is 0 Å². The normalized spacial score (nSPS) is 12.7. The van der Waals surface area contributed by atoms with Gasteiger partial charge in [-0.1, -0.05) is 51.2 Å². The molecule has 4 nitrogen and oxygen atoms in total. The first-order chi connectivity index (χ1) is 12.6. The molecule has 2 aromatic rings. The minimum Gasteiger partial charge on any atom is -0.450 e. The number of rotatable bonds is 9. The molecular weight excluding hydrogens is 346 g/mol. The number of allylic oxidation sites excluding steroid dienone is 6. The maximum absolute atomic E-state index is 6.19. The monoisotopic (exact) mass is 373 g/mol. The summed E-state index contributed by atoms with van der Waals surface area (Å²) >= 11 is 6.19. The van der Waals surface area contributed by atoms with Crippen molar-refractivity contribution in [3.05, 3.63) is 47.5 Å². The van der Waals surface area contributed by atoms with Crippen molar-refractivity contribution < 1.29 is 4.42 Å². The zero-order valence-electron chi connectivity index (χ0n) is 16.1. The lowest BCUT2D eigenvalue weighted by molar-refractivity contribution is 0.594. The highest BCUT2D eigenvalue weighted by molar-refractivity contribution is 6.28. The van der Waals surface area contributed by atoms with Gasteiger partial charge in [-0.25, -0.2) is 4.98 Å². The smallest absolute Gasteiger partial charge is 0.225 e. The summed E-state index contributed by atoms with van der Waals surface area (Å²) in [6.07, 6.45) is 13.3. The molecule has 0 radical (unpaired) electrons. The SMILES string of the molecule is C\C=C/C(=C\C=C\CC)c1cc2nc(Cl)nc(N(CCC)CCC)c2o1. The molecule has 0 saturated heterocycles. The van der Waals surface area contributed by atoms with Gasteiger partial charge in [0, 0.05) is 24.7 Å². The van der Waals surface area contributed by atoms with Crippen molar-refractivity contribution in [1.29, 1.82) is 0 Å². The van der Waals surface area contributed by atoms with Crippen LogP contribution >= 0.6 is 11.6 Å². The average molecular weight is 374 g/mol. The molecular formula is C21H28ClN3O. The van der Waals surface area contributed by atoms with Crippen molar-refractivity contribution in [2.45, 2.75) is 47.0 Å². The summed E-state index contributed by atoms with van der Waals surface area (Å²) in [5.41, 5.74) is 2.43. The van der Waals surface area contributed by atoms with Gasteiger partial charge in [-0.05, 0) is 37.8 Å². The molecule has 0 aliphatic rings. The second-order valence-corrected chi connectivity index (χ2v) is 6.42. The number of hydrogen-bond donors (Lipinski definition) is 0. The van der Waals surface area contributed by atoms with Crippen molar-refractivity contribution in [1.82, 2.24) is 9.97 Å². The summed E-state index contributed by atoms with van der Waals surface area (Å²) in [5, 5.41) is 0.250. The molecule has 0 atom stereocenters. The van der Waals surface area contributed by atoms with Crippen molar-refractivity contribution in [2.75, 3.05) is 18.0 Å². The molecule has 0 fully saturated rings. The fourth-order valence-electron chi connectivity index (χ4n) is 2.81. The van der Waals surface area contributed by atoms with E-state index in [0.717, 1.165) is 55.0 Å². The van der Waals surface area contributed by atoms with Gasteiger partial charge >= 0.3 is 0 Å². The van der Waals surface area contributed by atoms with E-state index < -0.39 is 0 Å². The first kappa shape index (κ1) is 20.2. The second-order valence-electron chi connectivity index (χ2n) is 6.09. The number of fused-ring (bicyclic) bond motifs is 1. The molecule has 0 aliphatic heterocycles. The maximum Gasteiger partial charge on any atom is 0.225 e. The van der Waals surface area contributed by atoms with Crippen LogP contribution in [0.4, 0.5) is 5.82 Å². The number of aromatic nitrogens is 2. The van der Waals surface area contributed by atoms with Crippen LogP contribution in [0.5, 0.6) is 0 Å². The van der Waals surface area contributed by atoms with Crippen molar-refractivity contribution in [3.8, 4) is 0 Å². The molecule has 0 aliphatic carbocycles. The van der Waals surface area contributed by atoms with E-state index >= 15 is 0 Å². The Morgan fingerprint density at radius 3 is 2.54 bits per heavy atom. The molecule has 2 heterocycles. The third kappa shape index (κ3) is 4.98. The Hall–Kier alpha value is -2.07. The topological polar surface area (TPSA) is 42.2 Å². The van der Waals surface area contributed by atoms with Crippen LogP contribution in [0.3, 0.4) is 0 Å². The van der Waals surface area contributed by atoms with E-state index in [1.54, 1.807) is 0 Å². The van der Waals surface area contributed by atoms with E-state index in [2.05, 4.69) is 41.7 Å². The van der Waals surface area contributed by atoms with Crippen LogP contribution in [-0.4, -0.2) is 23.1 Å². The van der Waals surface area contributed by atoms with Crippen LogP contribution < -0.4 is 4.90 Å². The fourth-order valence-corrected chi connectivity index (χ4v) is 2.99. The van der Waals surface area contributed by atoms with Gasteiger partial charge < -0.3 is 9.32 Å². The Balaban J connectivity index is 2.57. The summed E-state index contributed by atoms with van der Waals surface area (Å²) in [5.74, 6) is 1.54. The molecule has 0 amide bonds. The first-order valence-electron chi connectivity index (χ1n) is 9.36. The number of anilines is 1. The Morgan fingerprint density at radius 1 is 1.19 bits per heavy atom. The van der Waals surface area contributed by atoms with Gasteiger partial charge in [-0.3, -0.25) is 0 Å². The molecule has 0 aromatic carbocycles. The highest BCUT2D eigenvalue weighted by Gasteiger charge is 2.18. The van der Waals surface area contributed by atoms with Gasteiger partial charge in [0.25, 0.3) is 0 Å². The molecule has 26 heavy (non-hydrogen) atoms. The molecule has 0 N–H and O–H groups in total. The number of hydrogen-bond acceptors (Lipinski definition) is 4. The third-order valence-corrected chi connectivity index (χ3v) is 4.06. The summed E-state index contributed by atoms with van der Waals surface area (Å²) in [6, 6.07) is 1.94. The van der Waals surface area contributed by atoms with Crippen LogP contribution in [0.25, 0.3) is 16.7 Å². The molecule has 0 spiro atoms. The predicted molar refractivity (Wildman–Crippen MR) is 112 cm³/mol. The minimum absolute atomic E-state index is 0.250. The summed E-state index contributed by atoms with van der Waals surface area (Å²) < 4.78 is 6.19. The lowest BCUT2D eigenvalue weighted by Crippen LogP contribution is -2.26. The largest absolute Gasteiger partial charge is 0.450 e. The van der Waals surface area contributed by atoms with Crippen LogP contribution in [0, 0.1) is 0 Å². The minimum atomic E-state index is 0.250.